The van der Waals surface area contributed by atoms with Crippen LogP contribution < -0.4 is 5.73 Å². The summed E-state index contributed by atoms with van der Waals surface area (Å²) in [5, 5.41) is 1.01. The third-order valence-electron chi connectivity index (χ3n) is 1.56. The summed E-state index contributed by atoms with van der Waals surface area (Å²) in [6.07, 6.45) is 0. The molecule has 0 aromatic heterocycles. The molecule has 0 aliphatic rings. The van der Waals surface area contributed by atoms with Gasteiger partial charge >= 0.3 is 0 Å². The first-order valence-electron chi connectivity index (χ1n) is 3.41. The Morgan fingerprint density at radius 1 is 1.33 bits per heavy atom. The fraction of sp³-hybridized carbons (Fsp3) is 0.250. The summed E-state index contributed by atoms with van der Waals surface area (Å²) in [5.41, 5.74) is 7.04. The van der Waals surface area contributed by atoms with Gasteiger partial charge in [-0.2, -0.15) is 0 Å². The molecule has 1 atom stereocenters. The highest BCUT2D eigenvalue weighted by Gasteiger charge is 2.07. The van der Waals surface area contributed by atoms with E-state index in [1.165, 1.54) is 0 Å². The molecule has 1 aromatic rings. The van der Waals surface area contributed by atoms with Gasteiger partial charge in [-0.3, -0.25) is 0 Å². The third kappa shape index (κ3) is 2.06. The second-order valence-electron chi connectivity index (χ2n) is 2.51. The van der Waals surface area contributed by atoms with Gasteiger partial charge in [-0.15, -0.1) is 0 Å². The maximum absolute atomic E-state index is 5.83. The van der Waals surface area contributed by atoms with E-state index in [1.54, 1.807) is 0 Å². The van der Waals surface area contributed by atoms with Gasteiger partial charge in [0.15, 0.2) is 0 Å². The molecule has 0 spiro atoms. The van der Waals surface area contributed by atoms with E-state index in [0.717, 1.165) is 5.56 Å². The van der Waals surface area contributed by atoms with Gasteiger partial charge in [0.1, 0.15) is 0 Å². The Bertz CT molecular complexity index is 276. The van der Waals surface area contributed by atoms with Gasteiger partial charge in [0.05, 0.1) is 15.7 Å². The zero-order chi connectivity index (χ0) is 9.30. The standard InChI is InChI=1S/C8H8BrCl2N/c1-4(9)5-2-6(10)8(12)7(11)3-5/h2-4H,12H2,1H3. The molecule has 0 saturated carbocycles. The second kappa shape index (κ2) is 3.86. The average Bonchev–Trinajstić information content (AvgIpc) is 1.99. The van der Waals surface area contributed by atoms with Gasteiger partial charge < -0.3 is 5.73 Å². The van der Waals surface area contributed by atoms with E-state index in [4.69, 9.17) is 28.9 Å². The smallest absolute Gasteiger partial charge is 0.0693 e. The maximum Gasteiger partial charge on any atom is 0.0693 e. The maximum atomic E-state index is 5.83. The Balaban J connectivity index is 3.21. The fourth-order valence-corrected chi connectivity index (χ4v) is 1.60. The van der Waals surface area contributed by atoms with E-state index in [9.17, 15) is 0 Å². The molecule has 0 fully saturated rings. The number of benzene rings is 1. The molecule has 0 aliphatic carbocycles. The molecule has 2 N–H and O–H groups in total. The zero-order valence-corrected chi connectivity index (χ0v) is 9.54. The first-order valence-corrected chi connectivity index (χ1v) is 5.08. The van der Waals surface area contributed by atoms with Crippen LogP contribution in [0.3, 0.4) is 0 Å². The van der Waals surface area contributed by atoms with Crippen molar-refractivity contribution in [3.05, 3.63) is 27.7 Å². The number of anilines is 1. The van der Waals surface area contributed by atoms with Crippen molar-refractivity contribution in [3.8, 4) is 0 Å². The molecule has 0 aliphatic heterocycles. The van der Waals surface area contributed by atoms with Crippen LogP contribution in [-0.2, 0) is 0 Å². The van der Waals surface area contributed by atoms with Gasteiger partial charge in [0, 0.05) is 4.83 Å². The van der Waals surface area contributed by atoms with Crippen molar-refractivity contribution < 1.29 is 0 Å². The van der Waals surface area contributed by atoms with E-state index in [0.29, 0.717) is 15.7 Å². The molecule has 0 heterocycles. The van der Waals surface area contributed by atoms with Crippen molar-refractivity contribution in [2.45, 2.75) is 11.8 Å². The lowest BCUT2D eigenvalue weighted by Gasteiger charge is -2.07. The lowest BCUT2D eigenvalue weighted by Crippen LogP contribution is -1.91. The van der Waals surface area contributed by atoms with Crippen molar-refractivity contribution in [3.63, 3.8) is 0 Å². The summed E-state index contributed by atoms with van der Waals surface area (Å²) in [6.45, 7) is 2.00. The highest BCUT2D eigenvalue weighted by molar-refractivity contribution is 9.09. The molecule has 1 rings (SSSR count). The number of alkyl halides is 1. The average molecular weight is 269 g/mol. The molecule has 12 heavy (non-hydrogen) atoms. The summed E-state index contributed by atoms with van der Waals surface area (Å²) in [4.78, 5) is 0.230. The number of halogens is 3. The Morgan fingerprint density at radius 3 is 2.08 bits per heavy atom. The number of rotatable bonds is 1. The minimum Gasteiger partial charge on any atom is -0.396 e. The van der Waals surface area contributed by atoms with E-state index >= 15 is 0 Å². The number of nitrogen functional groups attached to an aromatic ring is 1. The Labute approximate surface area is 90.0 Å². The fourth-order valence-electron chi connectivity index (χ4n) is 0.834. The minimum atomic E-state index is 0.230. The van der Waals surface area contributed by atoms with Crippen molar-refractivity contribution in [2.24, 2.45) is 0 Å². The summed E-state index contributed by atoms with van der Waals surface area (Å²) >= 11 is 15.1. The van der Waals surface area contributed by atoms with E-state index in [2.05, 4.69) is 15.9 Å². The molecule has 1 unspecified atom stereocenters. The van der Waals surface area contributed by atoms with Crippen LogP contribution in [0.1, 0.15) is 17.3 Å². The van der Waals surface area contributed by atoms with Crippen LogP contribution in [0.5, 0.6) is 0 Å². The first-order chi connectivity index (χ1) is 5.52. The summed E-state index contributed by atoms with van der Waals surface area (Å²) < 4.78 is 0. The van der Waals surface area contributed by atoms with Crippen LogP contribution in [0.2, 0.25) is 10.0 Å². The normalized spacial score (nSPS) is 13.0. The van der Waals surface area contributed by atoms with Crippen LogP contribution in [-0.4, -0.2) is 0 Å². The second-order valence-corrected chi connectivity index (χ2v) is 4.70. The van der Waals surface area contributed by atoms with Crippen LogP contribution in [0, 0.1) is 0 Å². The lowest BCUT2D eigenvalue weighted by molar-refractivity contribution is 1.12. The predicted molar refractivity (Wildman–Crippen MR) is 58.2 cm³/mol. The van der Waals surface area contributed by atoms with Crippen LogP contribution in [0.4, 0.5) is 5.69 Å². The van der Waals surface area contributed by atoms with E-state index in [-0.39, 0.29) is 4.83 Å². The van der Waals surface area contributed by atoms with E-state index < -0.39 is 0 Å². The molecule has 1 nitrogen and oxygen atoms in total. The van der Waals surface area contributed by atoms with Crippen molar-refractivity contribution in [1.82, 2.24) is 0 Å². The Hall–Kier alpha value is 0.0800. The molecule has 66 valence electrons. The Morgan fingerprint density at radius 2 is 1.75 bits per heavy atom. The monoisotopic (exact) mass is 267 g/mol. The minimum absolute atomic E-state index is 0.230. The molecule has 0 radical (unpaired) electrons. The van der Waals surface area contributed by atoms with Crippen molar-refractivity contribution in [2.75, 3.05) is 5.73 Å². The Kier molecular flexibility index (Phi) is 3.27. The largest absolute Gasteiger partial charge is 0.396 e. The summed E-state index contributed by atoms with van der Waals surface area (Å²) in [7, 11) is 0. The number of nitrogens with two attached hydrogens (primary N) is 1. The third-order valence-corrected chi connectivity index (χ3v) is 2.71. The van der Waals surface area contributed by atoms with Crippen LogP contribution >= 0.6 is 39.1 Å². The van der Waals surface area contributed by atoms with Gasteiger partial charge in [0.25, 0.3) is 0 Å². The lowest BCUT2D eigenvalue weighted by atomic mass is 10.1. The molecular formula is C8H8BrCl2N. The molecule has 0 saturated heterocycles. The molecule has 4 heteroatoms. The van der Waals surface area contributed by atoms with Gasteiger partial charge in [-0.1, -0.05) is 39.1 Å². The molecular weight excluding hydrogens is 261 g/mol. The highest BCUT2D eigenvalue weighted by Crippen LogP contribution is 2.33. The van der Waals surface area contributed by atoms with Crippen molar-refractivity contribution >= 4 is 44.8 Å². The zero-order valence-electron chi connectivity index (χ0n) is 6.44. The quantitative estimate of drug-likeness (QED) is 0.604. The molecule has 1 aromatic carbocycles. The molecule has 0 amide bonds. The van der Waals surface area contributed by atoms with Crippen LogP contribution in [0.15, 0.2) is 12.1 Å². The van der Waals surface area contributed by atoms with E-state index in [1.807, 2.05) is 19.1 Å². The number of hydrogen-bond acceptors (Lipinski definition) is 1. The topological polar surface area (TPSA) is 26.0 Å². The SMILES string of the molecule is CC(Br)c1cc(Cl)c(N)c(Cl)c1. The van der Waals surface area contributed by atoms with Crippen molar-refractivity contribution in [1.29, 1.82) is 0 Å². The number of hydrogen-bond donors (Lipinski definition) is 1. The van der Waals surface area contributed by atoms with Gasteiger partial charge in [-0.05, 0) is 24.6 Å². The summed E-state index contributed by atoms with van der Waals surface area (Å²) in [5.74, 6) is 0. The predicted octanol–water partition coefficient (Wildman–Crippen LogP) is 4.03. The van der Waals surface area contributed by atoms with Gasteiger partial charge in [0.2, 0.25) is 0 Å². The summed E-state index contributed by atoms with van der Waals surface area (Å²) in [6, 6.07) is 3.62. The van der Waals surface area contributed by atoms with Crippen LogP contribution in [0.25, 0.3) is 0 Å². The highest BCUT2D eigenvalue weighted by atomic mass is 79.9. The first kappa shape index (κ1) is 10.2. The molecule has 0 bridgehead atoms. The van der Waals surface area contributed by atoms with Gasteiger partial charge in [-0.25, -0.2) is 0 Å².